The Bertz CT molecular complexity index is 2130. The number of ether oxygens (including phenoxy) is 1. The molecule has 9 nitrogen and oxygen atoms in total. The van der Waals surface area contributed by atoms with Gasteiger partial charge in [0.25, 0.3) is 5.91 Å². The molecule has 4 aliphatic rings. The highest BCUT2D eigenvalue weighted by molar-refractivity contribution is 6.01. The summed E-state index contributed by atoms with van der Waals surface area (Å²) in [7, 11) is 3.22. The van der Waals surface area contributed by atoms with E-state index in [1.54, 1.807) is 19.1 Å². The van der Waals surface area contributed by atoms with Gasteiger partial charge in [-0.3, -0.25) is 15.0 Å². The Morgan fingerprint density at radius 1 is 0.852 bits per heavy atom. The number of anilines is 1. The summed E-state index contributed by atoms with van der Waals surface area (Å²) in [5.41, 5.74) is 18.3. The monoisotopic (exact) mass is 824 g/mol. The van der Waals surface area contributed by atoms with Crippen LogP contribution in [0.4, 0.5) is 5.69 Å². The summed E-state index contributed by atoms with van der Waals surface area (Å²) in [5, 5.41) is 10.1. The first-order valence-electron chi connectivity index (χ1n) is 22.0. The van der Waals surface area contributed by atoms with Gasteiger partial charge in [0.15, 0.2) is 0 Å². The lowest BCUT2D eigenvalue weighted by molar-refractivity contribution is -0.118. The predicted octanol–water partition coefficient (Wildman–Crippen LogP) is 9.31. The van der Waals surface area contributed by atoms with Gasteiger partial charge in [0.05, 0.1) is 6.61 Å². The third-order valence-electron chi connectivity index (χ3n) is 12.7. The first-order valence-corrected chi connectivity index (χ1v) is 22.0. The van der Waals surface area contributed by atoms with Crippen molar-refractivity contribution in [3.63, 3.8) is 0 Å². The fraction of sp³-hybridized carbons (Fsp3) is 0.385. The molecule has 0 atom stereocenters. The molecule has 3 heterocycles. The molecule has 1 aliphatic carbocycles. The molecule has 1 spiro atoms. The highest BCUT2D eigenvalue weighted by atomic mass is 16.5. The number of allylic oxidation sites excluding steroid dienone is 3. The van der Waals surface area contributed by atoms with Crippen molar-refractivity contribution in [2.75, 3.05) is 51.8 Å². The molecule has 0 unspecified atom stereocenters. The summed E-state index contributed by atoms with van der Waals surface area (Å²) in [6, 6.07) is 29.7. The number of likely N-dealkylation sites (tertiary alicyclic amines) is 1. The third-order valence-corrected chi connectivity index (χ3v) is 12.7. The number of benzene rings is 4. The Hall–Kier alpha value is -5.48. The SMILES string of the molecule is C=CCCCC=C.CCN1CCC2(CC1)CCN(c1ccc(C3=C(c4ccccc4)CCc4cc(O)ccc43)cc1)C2.CNNC(=O)c1cc2c(cc1COC)CN(C=O)C2. The number of aromatic hydroxyl groups is 1. The van der Waals surface area contributed by atoms with Gasteiger partial charge in [0, 0.05) is 51.6 Å². The molecule has 4 aromatic carbocycles. The van der Waals surface area contributed by atoms with E-state index in [9.17, 15) is 14.7 Å². The second-order valence-corrected chi connectivity index (χ2v) is 16.6. The van der Waals surface area contributed by atoms with Crippen molar-refractivity contribution >= 4 is 29.2 Å². The van der Waals surface area contributed by atoms with Crippen molar-refractivity contribution < 1.29 is 19.4 Å². The molecule has 322 valence electrons. The van der Waals surface area contributed by atoms with Crippen molar-refractivity contribution in [2.24, 2.45) is 5.41 Å². The highest BCUT2D eigenvalue weighted by Gasteiger charge is 2.40. The number of fused-ring (bicyclic) bond motifs is 2. The minimum absolute atomic E-state index is 0.207. The number of carbonyl (C=O) groups excluding carboxylic acids is 2. The number of phenolic OH excluding ortho intramolecular Hbond substituents is 1. The molecule has 61 heavy (non-hydrogen) atoms. The number of hydrogen-bond acceptors (Lipinski definition) is 7. The molecule has 8 rings (SSSR count). The summed E-state index contributed by atoms with van der Waals surface area (Å²) in [5.74, 6) is 0.149. The Morgan fingerprint density at radius 2 is 1.54 bits per heavy atom. The van der Waals surface area contributed by atoms with E-state index in [2.05, 4.69) is 101 Å². The number of phenols is 1. The largest absolute Gasteiger partial charge is 0.508 e. The zero-order valence-corrected chi connectivity index (χ0v) is 36.6. The minimum atomic E-state index is -0.207. The molecule has 0 radical (unpaired) electrons. The molecule has 3 aliphatic heterocycles. The first-order chi connectivity index (χ1) is 29.7. The topological polar surface area (TPSA) is 97.4 Å². The maximum absolute atomic E-state index is 12.0. The Balaban J connectivity index is 0.000000200. The maximum atomic E-state index is 12.0. The second kappa shape index (κ2) is 21.9. The number of hydrogen-bond donors (Lipinski definition) is 3. The molecular formula is C52H65N5O4. The van der Waals surface area contributed by atoms with Crippen molar-refractivity contribution in [3.8, 4) is 5.75 Å². The molecule has 0 saturated carbocycles. The van der Waals surface area contributed by atoms with Gasteiger partial charge in [-0.05, 0) is 157 Å². The van der Waals surface area contributed by atoms with Crippen molar-refractivity contribution in [1.82, 2.24) is 20.7 Å². The molecule has 3 N–H and O–H groups in total. The van der Waals surface area contributed by atoms with Crippen LogP contribution in [-0.4, -0.2) is 74.1 Å². The lowest BCUT2D eigenvalue weighted by Gasteiger charge is -2.39. The standard InChI is InChI=1S/C32H36N2O.C13H17N3O3.C7H12/c1-2-33-19-16-32(17-20-33)18-21-34(23-32)27-11-8-25(9-12-27)31-29(24-6-4-3-5-7-24)14-10-26-22-28(35)13-15-30(26)31;1-14-15-13(18)12-4-10-6-16(8-17)5-9(10)3-11(12)7-19-2;1-3-5-7-6-4-2/h3-9,11-13,15,22,35H,2,10,14,16-21,23H2,1H3;3-4,8,14H,5-7H2,1-2H3,(H,15,18);3-4H,1-2,5-7H2. The minimum Gasteiger partial charge on any atom is -0.508 e. The number of piperidine rings is 1. The lowest BCUT2D eigenvalue weighted by atomic mass is 9.78. The molecule has 0 bridgehead atoms. The second-order valence-electron chi connectivity index (χ2n) is 16.6. The van der Waals surface area contributed by atoms with Gasteiger partial charge in [0.1, 0.15) is 5.75 Å². The van der Waals surface area contributed by atoms with Gasteiger partial charge < -0.3 is 24.5 Å². The van der Waals surface area contributed by atoms with Crippen LogP contribution in [-0.2, 0) is 35.6 Å². The van der Waals surface area contributed by atoms with Gasteiger partial charge in [-0.15, -0.1) is 13.2 Å². The number of aryl methyl sites for hydroxylation is 1. The molecule has 2 fully saturated rings. The Morgan fingerprint density at radius 3 is 2.18 bits per heavy atom. The van der Waals surface area contributed by atoms with Crippen LogP contribution < -0.4 is 15.8 Å². The number of nitrogens with zero attached hydrogens (tertiary/aromatic N) is 3. The van der Waals surface area contributed by atoms with Gasteiger partial charge >= 0.3 is 0 Å². The van der Waals surface area contributed by atoms with E-state index in [1.165, 1.54) is 97.5 Å². The van der Waals surface area contributed by atoms with Crippen LogP contribution in [0.2, 0.25) is 0 Å². The summed E-state index contributed by atoms with van der Waals surface area (Å²) < 4.78 is 5.13. The van der Waals surface area contributed by atoms with Gasteiger partial charge in [-0.25, -0.2) is 5.43 Å². The number of rotatable bonds is 13. The van der Waals surface area contributed by atoms with Crippen LogP contribution in [0.3, 0.4) is 0 Å². The van der Waals surface area contributed by atoms with Crippen LogP contribution in [0.15, 0.2) is 110 Å². The number of nitrogens with one attached hydrogen (secondary N) is 2. The average Bonchev–Trinajstić information content (AvgIpc) is 3.91. The number of amides is 2. The third kappa shape index (κ3) is 11.3. The van der Waals surface area contributed by atoms with E-state index in [0.717, 1.165) is 48.8 Å². The fourth-order valence-corrected chi connectivity index (χ4v) is 9.26. The molecular weight excluding hydrogens is 759 g/mol. The van der Waals surface area contributed by atoms with E-state index in [-0.39, 0.29) is 5.91 Å². The van der Waals surface area contributed by atoms with E-state index >= 15 is 0 Å². The fourth-order valence-electron chi connectivity index (χ4n) is 9.26. The van der Waals surface area contributed by atoms with Gasteiger partial charge in [-0.1, -0.05) is 73.7 Å². The Labute approximate surface area is 363 Å². The zero-order valence-electron chi connectivity index (χ0n) is 36.6. The molecule has 4 aromatic rings. The lowest BCUT2D eigenvalue weighted by Crippen LogP contribution is -2.41. The summed E-state index contributed by atoms with van der Waals surface area (Å²) in [6.07, 6.45) is 14.1. The molecule has 9 heteroatoms. The average molecular weight is 824 g/mol. The van der Waals surface area contributed by atoms with E-state index in [1.807, 2.05) is 36.4 Å². The molecule has 2 amide bonds. The van der Waals surface area contributed by atoms with Gasteiger partial charge in [-0.2, -0.15) is 0 Å². The predicted molar refractivity (Wildman–Crippen MR) is 249 cm³/mol. The van der Waals surface area contributed by atoms with E-state index in [0.29, 0.717) is 36.4 Å². The van der Waals surface area contributed by atoms with Crippen LogP contribution in [0.1, 0.15) is 101 Å². The number of methoxy groups -OCH3 is 1. The zero-order chi connectivity index (χ0) is 43.2. The normalized spacial score (nSPS) is 16.4. The smallest absolute Gasteiger partial charge is 0.265 e. The number of unbranched alkanes of at least 4 members (excludes halogenated alkanes) is 2. The summed E-state index contributed by atoms with van der Waals surface area (Å²) in [6.45, 7) is 17.1. The summed E-state index contributed by atoms with van der Waals surface area (Å²) >= 11 is 0. The van der Waals surface area contributed by atoms with Crippen molar-refractivity contribution in [1.29, 1.82) is 0 Å². The maximum Gasteiger partial charge on any atom is 0.265 e. The number of carbonyl (C=O) groups is 2. The van der Waals surface area contributed by atoms with Crippen molar-refractivity contribution in [3.05, 3.63) is 155 Å². The van der Waals surface area contributed by atoms with E-state index < -0.39 is 0 Å². The van der Waals surface area contributed by atoms with Crippen LogP contribution in [0.5, 0.6) is 5.75 Å². The quantitative estimate of drug-likeness (QED) is 0.0536. The highest BCUT2D eigenvalue weighted by Crippen LogP contribution is 2.44. The van der Waals surface area contributed by atoms with Gasteiger partial charge in [0.2, 0.25) is 6.41 Å². The van der Waals surface area contributed by atoms with Crippen LogP contribution in [0, 0.1) is 5.41 Å². The Kier molecular flexibility index (Phi) is 16.1. The number of hydrazine groups is 1. The molecule has 2 saturated heterocycles. The van der Waals surface area contributed by atoms with Crippen LogP contribution in [0.25, 0.3) is 11.1 Å². The van der Waals surface area contributed by atoms with Crippen molar-refractivity contribution in [2.45, 2.75) is 78.0 Å². The first kappa shape index (κ1) is 45.1. The van der Waals surface area contributed by atoms with Crippen LogP contribution >= 0.6 is 0 Å². The van der Waals surface area contributed by atoms with E-state index in [4.69, 9.17) is 4.74 Å². The molecule has 0 aromatic heterocycles. The summed E-state index contributed by atoms with van der Waals surface area (Å²) in [4.78, 5) is 29.7.